The lowest BCUT2D eigenvalue weighted by atomic mass is 9.88. The largest absolute Gasteiger partial charge is 0.365 e. The van der Waals surface area contributed by atoms with Crippen LogP contribution >= 0.6 is 27.5 Å². The highest BCUT2D eigenvalue weighted by molar-refractivity contribution is 9.10. The molecule has 4 heteroatoms. The van der Waals surface area contributed by atoms with Crippen LogP contribution in [0.15, 0.2) is 51.9 Å². The number of allylic oxidation sites excluding steroid dienone is 1. The third-order valence-electron chi connectivity index (χ3n) is 4.50. The van der Waals surface area contributed by atoms with E-state index in [0.717, 1.165) is 21.4 Å². The van der Waals surface area contributed by atoms with Gasteiger partial charge in [0.1, 0.15) is 0 Å². The summed E-state index contributed by atoms with van der Waals surface area (Å²) in [5.74, 6) is 0. The van der Waals surface area contributed by atoms with Crippen molar-refractivity contribution in [1.82, 2.24) is 0 Å². The van der Waals surface area contributed by atoms with E-state index in [9.17, 15) is 0 Å². The van der Waals surface area contributed by atoms with Crippen LogP contribution in [-0.4, -0.2) is 18.8 Å². The van der Waals surface area contributed by atoms with Crippen molar-refractivity contribution in [3.63, 3.8) is 0 Å². The molecule has 1 aliphatic rings. The van der Waals surface area contributed by atoms with Crippen molar-refractivity contribution >= 4 is 50.7 Å². The topological polar surface area (TPSA) is 15.6 Å². The maximum absolute atomic E-state index is 6.52. The zero-order valence-electron chi connectivity index (χ0n) is 14.3. The second kappa shape index (κ2) is 6.38. The number of anilines is 1. The average molecular weight is 404 g/mol. The van der Waals surface area contributed by atoms with Gasteiger partial charge in [0.15, 0.2) is 0 Å². The van der Waals surface area contributed by atoms with E-state index < -0.39 is 0 Å². The summed E-state index contributed by atoms with van der Waals surface area (Å²) in [7, 11) is 2.10. The van der Waals surface area contributed by atoms with E-state index >= 15 is 0 Å². The highest BCUT2D eigenvalue weighted by Crippen LogP contribution is 2.40. The van der Waals surface area contributed by atoms with E-state index in [2.05, 4.69) is 65.8 Å². The Morgan fingerprint density at radius 1 is 1.21 bits per heavy atom. The van der Waals surface area contributed by atoms with Gasteiger partial charge in [-0.05, 0) is 56.7 Å². The normalized spacial score (nSPS) is 16.2. The number of likely N-dealkylation sites (N-methyl/N-ethyl adjacent to an activating group) is 1. The quantitative estimate of drug-likeness (QED) is 0.524. The number of rotatable bonds is 2. The molecule has 0 saturated heterocycles. The lowest BCUT2D eigenvalue weighted by molar-refractivity contribution is 0.598. The molecule has 24 heavy (non-hydrogen) atoms. The summed E-state index contributed by atoms with van der Waals surface area (Å²) < 4.78 is 1.01. The molecule has 0 bridgehead atoms. The molecular formula is C20H20BrClN2. The van der Waals surface area contributed by atoms with Crippen molar-refractivity contribution in [1.29, 1.82) is 0 Å². The molecule has 0 spiro atoms. The van der Waals surface area contributed by atoms with Crippen LogP contribution in [0.25, 0.3) is 5.57 Å². The molecule has 0 atom stereocenters. The molecule has 124 valence electrons. The minimum Gasteiger partial charge on any atom is -0.365 e. The Hall–Kier alpha value is -1.58. The van der Waals surface area contributed by atoms with Crippen LogP contribution in [0.5, 0.6) is 0 Å². The van der Waals surface area contributed by atoms with Crippen LogP contribution in [0.4, 0.5) is 11.4 Å². The zero-order valence-corrected chi connectivity index (χ0v) is 16.6. The van der Waals surface area contributed by atoms with Gasteiger partial charge in [0.05, 0.1) is 16.2 Å². The first-order valence-electron chi connectivity index (χ1n) is 7.85. The molecule has 0 N–H and O–H groups in total. The Morgan fingerprint density at radius 2 is 1.96 bits per heavy atom. The van der Waals surface area contributed by atoms with E-state index in [1.54, 1.807) is 0 Å². The number of fused-ring (bicyclic) bond motifs is 1. The Balaban J connectivity index is 2.02. The Bertz CT molecular complexity index is 853. The summed E-state index contributed by atoms with van der Waals surface area (Å²) in [6.07, 6.45) is 4.12. The van der Waals surface area contributed by atoms with E-state index in [0.29, 0.717) is 5.02 Å². The molecule has 3 rings (SSSR count). The van der Waals surface area contributed by atoms with Gasteiger partial charge in [0.2, 0.25) is 0 Å². The molecule has 0 aromatic heterocycles. The van der Waals surface area contributed by atoms with E-state index in [1.165, 1.54) is 11.1 Å². The van der Waals surface area contributed by atoms with Gasteiger partial charge in [-0.2, -0.15) is 0 Å². The second-order valence-corrected chi connectivity index (χ2v) is 7.99. The number of hydrogen-bond acceptors (Lipinski definition) is 2. The predicted octanol–water partition coefficient (Wildman–Crippen LogP) is 6.48. The Morgan fingerprint density at radius 3 is 2.67 bits per heavy atom. The smallest absolute Gasteiger partial charge is 0.0641 e. The summed E-state index contributed by atoms with van der Waals surface area (Å²) in [4.78, 5) is 6.81. The molecule has 2 aromatic rings. The predicted molar refractivity (Wildman–Crippen MR) is 109 cm³/mol. The molecule has 0 amide bonds. The second-order valence-electron chi connectivity index (χ2n) is 6.67. The molecular weight excluding hydrogens is 384 g/mol. The van der Waals surface area contributed by atoms with Gasteiger partial charge >= 0.3 is 0 Å². The monoisotopic (exact) mass is 402 g/mol. The van der Waals surface area contributed by atoms with Crippen molar-refractivity contribution in [3.8, 4) is 0 Å². The molecule has 1 aliphatic heterocycles. The first kappa shape index (κ1) is 17.2. The fraction of sp³-hybridized carbons (Fsp3) is 0.250. The summed E-state index contributed by atoms with van der Waals surface area (Å²) >= 11 is 9.98. The van der Waals surface area contributed by atoms with Crippen LogP contribution in [-0.2, 0) is 0 Å². The SMILES string of the molecule is CC1=CC(C)(C)N(C)c2cc(Cl)c(C=Nc3cccc(Br)c3)cc21. The molecule has 0 fully saturated rings. The maximum Gasteiger partial charge on any atom is 0.0641 e. The number of nitrogens with zero attached hydrogens (tertiary/aromatic N) is 2. The van der Waals surface area contributed by atoms with E-state index in [4.69, 9.17) is 11.6 Å². The number of halogens is 2. The van der Waals surface area contributed by atoms with Gasteiger partial charge in [-0.15, -0.1) is 0 Å². The van der Waals surface area contributed by atoms with Crippen molar-refractivity contribution in [3.05, 3.63) is 63.1 Å². The van der Waals surface area contributed by atoms with Crippen molar-refractivity contribution < 1.29 is 0 Å². The maximum atomic E-state index is 6.52. The Kier molecular flexibility index (Phi) is 4.58. The molecule has 2 nitrogen and oxygen atoms in total. The fourth-order valence-corrected chi connectivity index (χ4v) is 3.58. The van der Waals surface area contributed by atoms with Crippen molar-refractivity contribution in [2.45, 2.75) is 26.3 Å². The van der Waals surface area contributed by atoms with Crippen LogP contribution < -0.4 is 4.90 Å². The van der Waals surface area contributed by atoms with Gasteiger partial charge in [-0.1, -0.05) is 39.7 Å². The van der Waals surface area contributed by atoms with Crippen molar-refractivity contribution in [2.75, 3.05) is 11.9 Å². The molecule has 0 unspecified atom stereocenters. The first-order valence-corrected chi connectivity index (χ1v) is 9.02. The minimum atomic E-state index is -0.0215. The lowest BCUT2D eigenvalue weighted by Gasteiger charge is -2.40. The third-order valence-corrected chi connectivity index (χ3v) is 5.32. The van der Waals surface area contributed by atoms with Crippen molar-refractivity contribution in [2.24, 2.45) is 4.99 Å². The Labute approximate surface area is 157 Å². The third kappa shape index (κ3) is 3.28. The first-order chi connectivity index (χ1) is 11.3. The lowest BCUT2D eigenvalue weighted by Crippen LogP contribution is -2.42. The van der Waals surface area contributed by atoms with E-state index in [1.807, 2.05) is 36.5 Å². The van der Waals surface area contributed by atoms with Gasteiger partial charge < -0.3 is 4.90 Å². The van der Waals surface area contributed by atoms with Crippen LogP contribution in [0, 0.1) is 0 Å². The van der Waals surface area contributed by atoms with Crippen LogP contribution in [0.2, 0.25) is 5.02 Å². The molecule has 1 heterocycles. The summed E-state index contributed by atoms with van der Waals surface area (Å²) in [5.41, 5.74) is 5.43. The highest BCUT2D eigenvalue weighted by atomic mass is 79.9. The number of aliphatic imine (C=N–C) groups is 1. The van der Waals surface area contributed by atoms with Crippen LogP contribution in [0.1, 0.15) is 31.9 Å². The summed E-state index contributed by atoms with van der Waals surface area (Å²) in [5, 5.41) is 0.713. The number of benzene rings is 2. The van der Waals surface area contributed by atoms with Gasteiger partial charge in [0, 0.05) is 34.5 Å². The van der Waals surface area contributed by atoms with Gasteiger partial charge in [-0.3, -0.25) is 4.99 Å². The average Bonchev–Trinajstić information content (AvgIpc) is 2.51. The van der Waals surface area contributed by atoms with Gasteiger partial charge in [0.25, 0.3) is 0 Å². The van der Waals surface area contributed by atoms with Gasteiger partial charge in [-0.25, -0.2) is 0 Å². The summed E-state index contributed by atoms with van der Waals surface area (Å²) in [6, 6.07) is 12.1. The number of hydrogen-bond donors (Lipinski definition) is 0. The van der Waals surface area contributed by atoms with Crippen LogP contribution in [0.3, 0.4) is 0 Å². The summed E-state index contributed by atoms with van der Waals surface area (Å²) in [6.45, 7) is 6.56. The minimum absolute atomic E-state index is 0.0215. The molecule has 2 aromatic carbocycles. The molecule has 0 saturated carbocycles. The van der Waals surface area contributed by atoms with E-state index in [-0.39, 0.29) is 5.54 Å². The highest BCUT2D eigenvalue weighted by Gasteiger charge is 2.28. The molecule has 0 aliphatic carbocycles. The molecule has 0 radical (unpaired) electrons. The standard InChI is InChI=1S/C20H20BrClN2/c1-13-11-20(2,3)24(4)19-10-18(22)14(8-17(13)19)12-23-16-7-5-6-15(21)9-16/h5-12H,1-4H3. The zero-order chi connectivity index (χ0) is 17.5. The fourth-order valence-electron chi connectivity index (χ4n) is 2.99.